The van der Waals surface area contributed by atoms with Crippen LogP contribution in [0, 0.1) is 5.92 Å². The van der Waals surface area contributed by atoms with Gasteiger partial charge in [0.1, 0.15) is 11.5 Å². The molecule has 35 heavy (non-hydrogen) atoms. The van der Waals surface area contributed by atoms with E-state index in [4.69, 9.17) is 9.47 Å². The van der Waals surface area contributed by atoms with Crippen molar-refractivity contribution in [2.45, 2.75) is 45.7 Å². The standard InChI is InChI=1S/C27H33N3O5/c1-18(2)17-30-22(26-23(34-3)11-8-12-24(26)35-4)16-21(29-30)27(33)28-20(15-25(31)32)14-13-19-9-6-5-7-10-19/h5-12,16,18,20H,13-15,17H2,1-4H3,(H,28,33)(H,31,32). The maximum absolute atomic E-state index is 13.2. The van der Waals surface area contributed by atoms with Crippen molar-refractivity contribution in [2.24, 2.45) is 5.92 Å². The maximum Gasteiger partial charge on any atom is 0.305 e. The lowest BCUT2D eigenvalue weighted by Gasteiger charge is -2.16. The van der Waals surface area contributed by atoms with Gasteiger partial charge in [0.05, 0.1) is 31.9 Å². The van der Waals surface area contributed by atoms with Crippen LogP contribution in [0.3, 0.4) is 0 Å². The van der Waals surface area contributed by atoms with Crippen LogP contribution in [0.1, 0.15) is 42.7 Å². The first-order valence-electron chi connectivity index (χ1n) is 11.7. The van der Waals surface area contributed by atoms with Crippen LogP contribution in [0.2, 0.25) is 0 Å². The number of hydrogen-bond acceptors (Lipinski definition) is 5. The van der Waals surface area contributed by atoms with Crippen molar-refractivity contribution in [3.05, 3.63) is 65.9 Å². The van der Waals surface area contributed by atoms with Crippen LogP contribution in [-0.4, -0.2) is 47.0 Å². The van der Waals surface area contributed by atoms with Gasteiger partial charge in [-0.2, -0.15) is 5.10 Å². The van der Waals surface area contributed by atoms with Gasteiger partial charge in [0.15, 0.2) is 5.69 Å². The number of aryl methyl sites for hydroxylation is 1. The van der Waals surface area contributed by atoms with Gasteiger partial charge in [-0.1, -0.05) is 50.2 Å². The average molecular weight is 480 g/mol. The molecule has 1 heterocycles. The van der Waals surface area contributed by atoms with E-state index in [2.05, 4.69) is 24.3 Å². The fourth-order valence-electron chi connectivity index (χ4n) is 4.00. The number of methoxy groups -OCH3 is 2. The first-order chi connectivity index (χ1) is 16.8. The minimum Gasteiger partial charge on any atom is -0.496 e. The number of benzene rings is 2. The van der Waals surface area contributed by atoms with E-state index in [9.17, 15) is 14.7 Å². The Morgan fingerprint density at radius 3 is 2.26 bits per heavy atom. The summed E-state index contributed by atoms with van der Waals surface area (Å²) in [5.41, 5.74) is 2.70. The highest BCUT2D eigenvalue weighted by Gasteiger charge is 2.24. The summed E-state index contributed by atoms with van der Waals surface area (Å²) in [6.45, 7) is 4.71. The number of carbonyl (C=O) groups is 2. The van der Waals surface area contributed by atoms with E-state index >= 15 is 0 Å². The molecule has 0 aliphatic rings. The highest BCUT2D eigenvalue weighted by atomic mass is 16.5. The van der Waals surface area contributed by atoms with Gasteiger partial charge in [0.2, 0.25) is 0 Å². The van der Waals surface area contributed by atoms with Gasteiger partial charge in [-0.3, -0.25) is 14.3 Å². The fourth-order valence-corrected chi connectivity index (χ4v) is 4.00. The predicted octanol–water partition coefficient (Wildman–Crippen LogP) is 4.43. The number of hydrogen-bond donors (Lipinski definition) is 2. The zero-order chi connectivity index (χ0) is 25.4. The van der Waals surface area contributed by atoms with Gasteiger partial charge < -0.3 is 19.9 Å². The molecule has 0 aliphatic heterocycles. The van der Waals surface area contributed by atoms with E-state index in [0.717, 1.165) is 5.56 Å². The average Bonchev–Trinajstić information content (AvgIpc) is 3.25. The van der Waals surface area contributed by atoms with E-state index in [-0.39, 0.29) is 18.0 Å². The predicted molar refractivity (Wildman–Crippen MR) is 134 cm³/mol. The Morgan fingerprint density at radius 1 is 1.03 bits per heavy atom. The summed E-state index contributed by atoms with van der Waals surface area (Å²) in [6.07, 6.45) is 0.991. The second kappa shape index (κ2) is 12.1. The number of rotatable bonds is 12. The molecule has 0 saturated carbocycles. The summed E-state index contributed by atoms with van der Waals surface area (Å²) in [7, 11) is 3.16. The molecule has 0 bridgehead atoms. The van der Waals surface area contributed by atoms with Gasteiger partial charge in [0.25, 0.3) is 5.91 Å². The SMILES string of the molecule is COc1cccc(OC)c1-c1cc(C(=O)NC(CCc2ccccc2)CC(=O)O)nn1CC(C)C. The van der Waals surface area contributed by atoms with E-state index in [1.54, 1.807) is 25.0 Å². The number of amides is 1. The van der Waals surface area contributed by atoms with Crippen LogP contribution < -0.4 is 14.8 Å². The molecule has 1 unspecified atom stereocenters. The molecule has 0 radical (unpaired) electrons. The molecule has 3 rings (SSSR count). The molecule has 2 aromatic carbocycles. The Kier molecular flexibility index (Phi) is 8.89. The second-order valence-electron chi connectivity index (χ2n) is 8.82. The summed E-state index contributed by atoms with van der Waals surface area (Å²) in [6, 6.07) is 16.5. The minimum atomic E-state index is -0.965. The normalized spacial score (nSPS) is 11.8. The number of aliphatic carboxylic acids is 1. The molecule has 0 spiro atoms. The zero-order valence-corrected chi connectivity index (χ0v) is 20.7. The smallest absolute Gasteiger partial charge is 0.305 e. The number of carbonyl (C=O) groups excluding carboxylic acids is 1. The van der Waals surface area contributed by atoms with Gasteiger partial charge in [-0.05, 0) is 42.5 Å². The van der Waals surface area contributed by atoms with Crippen molar-refractivity contribution in [1.29, 1.82) is 0 Å². The third kappa shape index (κ3) is 6.85. The number of nitrogens with zero attached hydrogens (tertiary/aromatic N) is 2. The Labute approximate surface area is 205 Å². The first-order valence-corrected chi connectivity index (χ1v) is 11.7. The lowest BCUT2D eigenvalue weighted by molar-refractivity contribution is -0.137. The van der Waals surface area contributed by atoms with Crippen molar-refractivity contribution in [3.63, 3.8) is 0 Å². The minimum absolute atomic E-state index is 0.168. The number of ether oxygens (including phenoxy) is 2. The monoisotopic (exact) mass is 479 g/mol. The molecule has 8 nitrogen and oxygen atoms in total. The van der Waals surface area contributed by atoms with Crippen LogP contribution in [-0.2, 0) is 17.8 Å². The van der Waals surface area contributed by atoms with E-state index in [1.807, 2.05) is 48.5 Å². The largest absolute Gasteiger partial charge is 0.496 e. The molecule has 1 aromatic heterocycles. The van der Waals surface area contributed by atoms with Crippen molar-refractivity contribution in [3.8, 4) is 22.8 Å². The molecule has 8 heteroatoms. The Balaban J connectivity index is 1.90. The summed E-state index contributed by atoms with van der Waals surface area (Å²) < 4.78 is 12.9. The number of carboxylic acids is 1. The van der Waals surface area contributed by atoms with Gasteiger partial charge >= 0.3 is 5.97 Å². The summed E-state index contributed by atoms with van der Waals surface area (Å²) in [5.74, 6) is 0.103. The van der Waals surface area contributed by atoms with Gasteiger partial charge in [0, 0.05) is 12.6 Å². The Bertz CT molecular complexity index is 1120. The lowest BCUT2D eigenvalue weighted by Crippen LogP contribution is -2.37. The van der Waals surface area contributed by atoms with Crippen LogP contribution in [0.5, 0.6) is 11.5 Å². The van der Waals surface area contributed by atoms with E-state index in [1.165, 1.54) is 0 Å². The maximum atomic E-state index is 13.2. The first kappa shape index (κ1) is 25.8. The Morgan fingerprint density at radius 2 is 1.69 bits per heavy atom. The van der Waals surface area contributed by atoms with E-state index < -0.39 is 17.9 Å². The molecular formula is C27H33N3O5. The summed E-state index contributed by atoms with van der Waals surface area (Å²) in [5, 5.41) is 16.8. The third-order valence-corrected chi connectivity index (χ3v) is 5.62. The van der Waals surface area contributed by atoms with Gasteiger partial charge in [-0.25, -0.2) is 0 Å². The third-order valence-electron chi connectivity index (χ3n) is 5.62. The fraction of sp³-hybridized carbons (Fsp3) is 0.370. The molecule has 0 saturated heterocycles. The van der Waals surface area contributed by atoms with Crippen LogP contribution in [0.25, 0.3) is 11.3 Å². The van der Waals surface area contributed by atoms with E-state index in [0.29, 0.717) is 42.1 Å². The molecule has 3 aromatic rings. The number of nitrogens with one attached hydrogen (secondary N) is 1. The van der Waals surface area contributed by atoms with Gasteiger partial charge in [-0.15, -0.1) is 0 Å². The van der Waals surface area contributed by atoms with Crippen LogP contribution in [0.4, 0.5) is 0 Å². The number of aromatic nitrogens is 2. The van der Waals surface area contributed by atoms with Crippen molar-refractivity contribution >= 4 is 11.9 Å². The molecule has 1 amide bonds. The second-order valence-corrected chi connectivity index (χ2v) is 8.82. The molecule has 1 atom stereocenters. The molecule has 0 aliphatic carbocycles. The Hall–Kier alpha value is -3.81. The topological polar surface area (TPSA) is 103 Å². The molecule has 0 fully saturated rings. The van der Waals surface area contributed by atoms with Crippen molar-refractivity contribution < 1.29 is 24.2 Å². The van der Waals surface area contributed by atoms with Crippen molar-refractivity contribution in [2.75, 3.05) is 14.2 Å². The zero-order valence-electron chi connectivity index (χ0n) is 20.7. The lowest BCUT2D eigenvalue weighted by atomic mass is 10.0. The van der Waals surface area contributed by atoms with Crippen molar-refractivity contribution in [1.82, 2.24) is 15.1 Å². The quantitative estimate of drug-likeness (QED) is 0.398. The summed E-state index contributed by atoms with van der Waals surface area (Å²) in [4.78, 5) is 24.6. The van der Waals surface area contributed by atoms with Crippen LogP contribution in [0.15, 0.2) is 54.6 Å². The molecular weight excluding hydrogens is 446 g/mol. The number of carboxylic acid groups (broad SMARTS) is 1. The summed E-state index contributed by atoms with van der Waals surface area (Å²) >= 11 is 0. The molecule has 186 valence electrons. The van der Waals surface area contributed by atoms with Crippen LogP contribution >= 0.6 is 0 Å². The molecule has 2 N–H and O–H groups in total. The highest BCUT2D eigenvalue weighted by molar-refractivity contribution is 5.94. The highest BCUT2D eigenvalue weighted by Crippen LogP contribution is 2.38.